The number of fused-ring (bicyclic) bond motifs is 1. The number of esters is 1. The smallest absolute Gasteiger partial charge is 0.349 e. The summed E-state index contributed by atoms with van der Waals surface area (Å²) in [6, 6.07) is 0. The van der Waals surface area contributed by atoms with Gasteiger partial charge in [-0.05, 0) is 6.92 Å². The summed E-state index contributed by atoms with van der Waals surface area (Å²) >= 11 is 2.50. The predicted molar refractivity (Wildman–Crippen MR) is 76.2 cm³/mol. The van der Waals surface area contributed by atoms with E-state index in [0.717, 1.165) is 11.3 Å². The minimum Gasteiger partial charge on any atom is -0.462 e. The molecule has 19 heavy (non-hydrogen) atoms. The van der Waals surface area contributed by atoms with E-state index in [-0.39, 0.29) is 5.56 Å². The van der Waals surface area contributed by atoms with E-state index in [9.17, 15) is 9.59 Å². The maximum atomic E-state index is 12.2. The van der Waals surface area contributed by atoms with E-state index in [0.29, 0.717) is 27.1 Å². The second-order valence-electron chi connectivity index (χ2n) is 3.50. The molecule has 0 bridgehead atoms. The Hall–Kier alpha value is -1.60. The topological polar surface area (TPSA) is 60.7 Å². The molecule has 0 amide bonds. The van der Waals surface area contributed by atoms with Crippen LogP contribution in [0.3, 0.4) is 0 Å². The van der Waals surface area contributed by atoms with Crippen LogP contribution in [-0.4, -0.2) is 27.7 Å². The lowest BCUT2D eigenvalue weighted by Gasteiger charge is -1.97. The van der Waals surface area contributed by atoms with Gasteiger partial charge in [-0.1, -0.05) is 17.4 Å². The Labute approximate surface area is 117 Å². The molecule has 5 nitrogen and oxygen atoms in total. The molecule has 0 aliphatic rings. The Morgan fingerprint density at radius 1 is 1.68 bits per heavy atom. The van der Waals surface area contributed by atoms with Crippen molar-refractivity contribution in [3.63, 3.8) is 0 Å². The molecule has 7 heteroatoms. The number of hydrogen-bond acceptors (Lipinski definition) is 6. The van der Waals surface area contributed by atoms with Gasteiger partial charge in [-0.3, -0.25) is 9.20 Å². The van der Waals surface area contributed by atoms with E-state index in [1.807, 2.05) is 0 Å². The lowest BCUT2D eigenvalue weighted by atomic mass is 10.5. The fraction of sp³-hybridized carbons (Fsp3) is 0.250. The number of aromatic nitrogens is 2. The van der Waals surface area contributed by atoms with Crippen LogP contribution < -0.4 is 5.56 Å². The maximum Gasteiger partial charge on any atom is 0.349 e. The molecule has 2 aromatic heterocycles. The Morgan fingerprint density at radius 3 is 3.16 bits per heavy atom. The molecule has 2 aromatic rings. The van der Waals surface area contributed by atoms with Crippen LogP contribution in [0.2, 0.25) is 0 Å². The molecule has 0 fully saturated rings. The second kappa shape index (κ2) is 6.03. The van der Waals surface area contributed by atoms with Gasteiger partial charge in [-0.25, -0.2) is 9.78 Å². The van der Waals surface area contributed by atoms with E-state index >= 15 is 0 Å². The SMILES string of the molecule is C=CCSc1cnc2sc(C(=O)OCC)cn2c1=O. The number of carbonyl (C=O) groups is 1. The van der Waals surface area contributed by atoms with Crippen molar-refractivity contribution in [1.29, 1.82) is 0 Å². The van der Waals surface area contributed by atoms with Gasteiger partial charge in [0.05, 0.1) is 11.5 Å². The average molecular weight is 296 g/mol. The zero-order valence-electron chi connectivity index (χ0n) is 10.3. The Bertz CT molecular complexity index is 675. The standard InChI is InChI=1S/C12H12N2O3S2/c1-3-5-18-8-6-13-12-14(10(8)15)7-9(19-12)11(16)17-4-2/h3,6-7H,1,4-5H2,2H3. The highest BCUT2D eigenvalue weighted by Crippen LogP contribution is 2.18. The van der Waals surface area contributed by atoms with E-state index in [1.165, 1.54) is 28.6 Å². The number of ether oxygens (including phenoxy) is 1. The Kier molecular flexibility index (Phi) is 4.39. The first-order valence-corrected chi connectivity index (χ1v) is 7.39. The van der Waals surface area contributed by atoms with E-state index in [4.69, 9.17) is 4.74 Å². The van der Waals surface area contributed by atoms with Gasteiger partial charge in [0.2, 0.25) is 0 Å². The van der Waals surface area contributed by atoms with Crippen LogP contribution in [-0.2, 0) is 4.74 Å². The van der Waals surface area contributed by atoms with Crippen molar-refractivity contribution in [3.05, 3.63) is 40.3 Å². The number of thioether (sulfide) groups is 1. The third-order valence-corrected chi connectivity index (χ3v) is 4.18. The van der Waals surface area contributed by atoms with Crippen LogP contribution >= 0.6 is 23.1 Å². The minimum absolute atomic E-state index is 0.177. The summed E-state index contributed by atoms with van der Waals surface area (Å²) in [7, 11) is 0. The fourth-order valence-electron chi connectivity index (χ4n) is 1.41. The van der Waals surface area contributed by atoms with Crippen molar-refractivity contribution in [2.45, 2.75) is 11.8 Å². The molecule has 0 aliphatic carbocycles. The summed E-state index contributed by atoms with van der Waals surface area (Å²) in [4.78, 5) is 29.3. The third-order valence-electron chi connectivity index (χ3n) is 2.21. The van der Waals surface area contributed by atoms with Crippen LogP contribution in [0.5, 0.6) is 0 Å². The van der Waals surface area contributed by atoms with Crippen LogP contribution in [0.25, 0.3) is 4.96 Å². The highest BCUT2D eigenvalue weighted by atomic mass is 32.2. The summed E-state index contributed by atoms with van der Waals surface area (Å²) in [6.45, 7) is 5.64. The highest BCUT2D eigenvalue weighted by molar-refractivity contribution is 7.99. The fourth-order valence-corrected chi connectivity index (χ4v) is 2.90. The normalized spacial score (nSPS) is 10.6. The largest absolute Gasteiger partial charge is 0.462 e. The molecule has 0 saturated heterocycles. The van der Waals surface area contributed by atoms with Gasteiger partial charge in [0.1, 0.15) is 4.88 Å². The van der Waals surface area contributed by atoms with Gasteiger partial charge < -0.3 is 4.74 Å². The molecule has 0 radical (unpaired) electrons. The van der Waals surface area contributed by atoms with E-state index in [2.05, 4.69) is 11.6 Å². The van der Waals surface area contributed by atoms with Crippen LogP contribution in [0, 0.1) is 0 Å². The summed E-state index contributed by atoms with van der Waals surface area (Å²) in [5, 5.41) is 0. The van der Waals surface area contributed by atoms with Crippen LogP contribution in [0.15, 0.2) is 34.7 Å². The number of carbonyl (C=O) groups excluding carboxylic acids is 1. The Morgan fingerprint density at radius 2 is 2.47 bits per heavy atom. The van der Waals surface area contributed by atoms with Gasteiger partial charge in [0.25, 0.3) is 5.56 Å². The van der Waals surface area contributed by atoms with Crippen molar-refractivity contribution < 1.29 is 9.53 Å². The lowest BCUT2D eigenvalue weighted by Crippen LogP contribution is -2.14. The van der Waals surface area contributed by atoms with Gasteiger partial charge >= 0.3 is 5.97 Å². The third kappa shape index (κ3) is 2.87. The second-order valence-corrected chi connectivity index (χ2v) is 5.57. The Balaban J connectivity index is 2.42. The molecule has 0 aromatic carbocycles. The first-order chi connectivity index (χ1) is 9.17. The molecule has 0 atom stereocenters. The number of hydrogen-bond donors (Lipinski definition) is 0. The maximum absolute atomic E-state index is 12.2. The first kappa shape index (κ1) is 13.8. The molecular weight excluding hydrogens is 284 g/mol. The summed E-state index contributed by atoms with van der Waals surface area (Å²) in [5.74, 6) is 0.204. The molecule has 0 saturated carbocycles. The van der Waals surface area contributed by atoms with Crippen molar-refractivity contribution in [2.24, 2.45) is 0 Å². The van der Waals surface area contributed by atoms with E-state index < -0.39 is 5.97 Å². The van der Waals surface area contributed by atoms with Crippen LogP contribution in [0.4, 0.5) is 0 Å². The molecule has 0 N–H and O–H groups in total. The van der Waals surface area contributed by atoms with Crippen molar-refractivity contribution >= 4 is 34.0 Å². The molecule has 0 spiro atoms. The summed E-state index contributed by atoms with van der Waals surface area (Å²) in [6.07, 6.45) is 4.72. The van der Waals surface area contributed by atoms with Crippen molar-refractivity contribution in [1.82, 2.24) is 9.38 Å². The zero-order valence-corrected chi connectivity index (χ0v) is 11.9. The summed E-state index contributed by atoms with van der Waals surface area (Å²) in [5.41, 5.74) is -0.177. The number of rotatable bonds is 5. The van der Waals surface area contributed by atoms with Crippen molar-refractivity contribution in [3.8, 4) is 0 Å². The molecule has 2 heterocycles. The average Bonchev–Trinajstić information content (AvgIpc) is 2.83. The highest BCUT2D eigenvalue weighted by Gasteiger charge is 2.14. The lowest BCUT2D eigenvalue weighted by molar-refractivity contribution is 0.0531. The molecule has 0 unspecified atom stereocenters. The number of thiazole rings is 1. The quantitative estimate of drug-likeness (QED) is 0.481. The molecule has 100 valence electrons. The van der Waals surface area contributed by atoms with Gasteiger partial charge in [-0.15, -0.1) is 18.3 Å². The van der Waals surface area contributed by atoms with Gasteiger partial charge in [0.15, 0.2) is 4.96 Å². The monoisotopic (exact) mass is 296 g/mol. The number of nitrogens with zero attached hydrogens (tertiary/aromatic N) is 2. The van der Waals surface area contributed by atoms with Crippen LogP contribution in [0.1, 0.15) is 16.6 Å². The predicted octanol–water partition coefficient (Wildman–Crippen LogP) is 2.21. The first-order valence-electron chi connectivity index (χ1n) is 5.59. The van der Waals surface area contributed by atoms with Gasteiger partial charge in [0, 0.05) is 18.1 Å². The van der Waals surface area contributed by atoms with Gasteiger partial charge in [-0.2, -0.15) is 0 Å². The summed E-state index contributed by atoms with van der Waals surface area (Å²) < 4.78 is 6.28. The van der Waals surface area contributed by atoms with Crippen molar-refractivity contribution in [2.75, 3.05) is 12.4 Å². The molecule has 0 aliphatic heterocycles. The van der Waals surface area contributed by atoms with E-state index in [1.54, 1.807) is 13.0 Å². The zero-order chi connectivity index (χ0) is 13.8. The minimum atomic E-state index is -0.433. The molecule has 2 rings (SSSR count). The molecular formula is C12H12N2O3S2.